The van der Waals surface area contributed by atoms with Crippen LogP contribution in [0.25, 0.3) is 0 Å². The Morgan fingerprint density at radius 2 is 2.12 bits per heavy atom. The fourth-order valence-corrected chi connectivity index (χ4v) is 1.54. The second kappa shape index (κ2) is 7.21. The number of rotatable bonds is 7. The van der Waals surface area contributed by atoms with Crippen LogP contribution >= 0.6 is 0 Å². The van der Waals surface area contributed by atoms with Crippen LogP contribution in [0.1, 0.15) is 11.3 Å². The summed E-state index contributed by atoms with van der Waals surface area (Å²) in [5, 5.41) is 17.8. The van der Waals surface area contributed by atoms with E-state index in [4.69, 9.17) is 9.84 Å². The van der Waals surface area contributed by atoms with Crippen molar-refractivity contribution < 1.29 is 14.9 Å². The van der Waals surface area contributed by atoms with E-state index < -0.39 is 0 Å². The Bertz CT molecular complexity index is 345. The first kappa shape index (κ1) is 13.9. The number of aliphatic hydroxyl groups excluding tert-OH is 2. The van der Waals surface area contributed by atoms with Crippen LogP contribution in [0.3, 0.4) is 0 Å². The molecular weight excluding hydrogens is 220 g/mol. The van der Waals surface area contributed by atoms with E-state index in [1.807, 2.05) is 24.9 Å². The number of hydrogen-bond acceptors (Lipinski definition) is 5. The Kier molecular flexibility index (Phi) is 5.90. The number of aryl methyl sites for hydroxylation is 1. The molecule has 0 spiro atoms. The summed E-state index contributed by atoms with van der Waals surface area (Å²) in [4.78, 5) is 6.16. The fraction of sp³-hybridized carbons (Fsp3) is 0.583. The molecule has 0 amide bonds. The van der Waals surface area contributed by atoms with Gasteiger partial charge in [-0.15, -0.1) is 0 Å². The highest BCUT2D eigenvalue weighted by Crippen LogP contribution is 2.19. The maximum absolute atomic E-state index is 9.24. The van der Waals surface area contributed by atoms with Crippen molar-refractivity contribution in [1.82, 2.24) is 4.98 Å². The maximum atomic E-state index is 9.24. The Labute approximate surface area is 102 Å². The van der Waals surface area contributed by atoms with Gasteiger partial charge in [-0.05, 0) is 13.0 Å². The molecule has 0 atom stereocenters. The van der Waals surface area contributed by atoms with Crippen LogP contribution in [0, 0.1) is 6.92 Å². The molecule has 0 saturated heterocycles. The third kappa shape index (κ3) is 4.30. The van der Waals surface area contributed by atoms with Gasteiger partial charge in [0.05, 0.1) is 26.4 Å². The molecule has 0 bridgehead atoms. The lowest BCUT2D eigenvalue weighted by Crippen LogP contribution is -2.24. The molecule has 0 aromatic carbocycles. The van der Waals surface area contributed by atoms with Gasteiger partial charge in [0.2, 0.25) is 0 Å². The summed E-state index contributed by atoms with van der Waals surface area (Å²) < 4.78 is 5.21. The lowest BCUT2D eigenvalue weighted by molar-refractivity contribution is 0.0971. The smallest absolute Gasteiger partial charge is 0.0717 e. The van der Waals surface area contributed by atoms with Gasteiger partial charge in [-0.3, -0.25) is 4.98 Å². The molecule has 5 heteroatoms. The Morgan fingerprint density at radius 3 is 2.76 bits per heavy atom. The predicted octanol–water partition coefficient (Wildman–Crippen LogP) is 0.327. The summed E-state index contributed by atoms with van der Waals surface area (Å²) in [5.74, 6) is 0. The lowest BCUT2D eigenvalue weighted by Gasteiger charge is -2.22. The third-order valence-corrected chi connectivity index (χ3v) is 2.49. The quantitative estimate of drug-likeness (QED) is 0.672. The summed E-state index contributed by atoms with van der Waals surface area (Å²) in [5.41, 5.74) is 2.69. The zero-order chi connectivity index (χ0) is 12.7. The monoisotopic (exact) mass is 240 g/mol. The minimum atomic E-state index is -0.0234. The minimum absolute atomic E-state index is 0.0234. The average molecular weight is 240 g/mol. The summed E-state index contributed by atoms with van der Waals surface area (Å²) >= 11 is 0. The van der Waals surface area contributed by atoms with Crippen LogP contribution in [-0.2, 0) is 11.3 Å². The molecule has 1 rings (SSSR count). The first-order valence-corrected chi connectivity index (χ1v) is 5.65. The van der Waals surface area contributed by atoms with Gasteiger partial charge in [0, 0.05) is 36.7 Å². The van der Waals surface area contributed by atoms with E-state index in [2.05, 4.69) is 4.98 Å². The SMILES string of the molecule is Cc1cc(N(C)CCOCCO)c(CO)cn1. The molecule has 0 aliphatic heterocycles. The topological polar surface area (TPSA) is 65.8 Å². The Balaban J connectivity index is 2.60. The molecule has 2 N–H and O–H groups in total. The van der Waals surface area contributed by atoms with Gasteiger partial charge in [-0.25, -0.2) is 0 Å². The normalized spacial score (nSPS) is 10.6. The molecule has 0 saturated carbocycles. The van der Waals surface area contributed by atoms with Crippen molar-refractivity contribution in [3.05, 3.63) is 23.5 Å². The number of ether oxygens (including phenoxy) is 1. The van der Waals surface area contributed by atoms with Crippen LogP contribution in [-0.4, -0.2) is 48.6 Å². The van der Waals surface area contributed by atoms with Gasteiger partial charge in [0.15, 0.2) is 0 Å². The van der Waals surface area contributed by atoms with Gasteiger partial charge in [-0.2, -0.15) is 0 Å². The van der Waals surface area contributed by atoms with Crippen LogP contribution in [0.2, 0.25) is 0 Å². The molecule has 5 nitrogen and oxygen atoms in total. The van der Waals surface area contributed by atoms with Gasteiger partial charge >= 0.3 is 0 Å². The molecule has 17 heavy (non-hydrogen) atoms. The van der Waals surface area contributed by atoms with Crippen molar-refractivity contribution in [1.29, 1.82) is 0 Å². The molecule has 0 aliphatic rings. The fourth-order valence-electron chi connectivity index (χ4n) is 1.54. The number of nitrogens with zero attached hydrogens (tertiary/aromatic N) is 2. The van der Waals surface area contributed by atoms with Crippen LogP contribution in [0.5, 0.6) is 0 Å². The molecule has 1 aromatic heterocycles. The first-order valence-electron chi connectivity index (χ1n) is 5.65. The van der Waals surface area contributed by atoms with E-state index in [0.717, 1.165) is 16.9 Å². The van der Waals surface area contributed by atoms with Gasteiger partial charge in [-0.1, -0.05) is 0 Å². The molecule has 0 unspecified atom stereocenters. The summed E-state index contributed by atoms with van der Waals surface area (Å²) in [7, 11) is 1.94. The van der Waals surface area contributed by atoms with E-state index in [1.54, 1.807) is 6.20 Å². The zero-order valence-electron chi connectivity index (χ0n) is 10.4. The van der Waals surface area contributed by atoms with Crippen molar-refractivity contribution in [2.75, 3.05) is 38.3 Å². The first-order chi connectivity index (χ1) is 8.19. The summed E-state index contributed by atoms with van der Waals surface area (Å²) in [6, 6.07) is 1.94. The number of aromatic nitrogens is 1. The molecular formula is C12H20N2O3. The number of pyridine rings is 1. The van der Waals surface area contributed by atoms with Crippen LogP contribution in [0.15, 0.2) is 12.3 Å². The number of likely N-dealkylation sites (N-methyl/N-ethyl adjacent to an activating group) is 1. The van der Waals surface area contributed by atoms with E-state index in [0.29, 0.717) is 19.8 Å². The molecule has 1 aromatic rings. The second-order valence-electron chi connectivity index (χ2n) is 3.87. The van der Waals surface area contributed by atoms with Crippen molar-refractivity contribution in [3.8, 4) is 0 Å². The van der Waals surface area contributed by atoms with Gasteiger partial charge in [0.25, 0.3) is 0 Å². The maximum Gasteiger partial charge on any atom is 0.0717 e. The van der Waals surface area contributed by atoms with Crippen molar-refractivity contribution in [2.24, 2.45) is 0 Å². The number of anilines is 1. The van der Waals surface area contributed by atoms with Crippen LogP contribution < -0.4 is 4.90 Å². The van der Waals surface area contributed by atoms with E-state index in [9.17, 15) is 5.11 Å². The highest BCUT2D eigenvalue weighted by atomic mass is 16.5. The molecule has 0 fully saturated rings. The molecule has 1 heterocycles. The number of hydrogen-bond donors (Lipinski definition) is 2. The molecule has 0 aliphatic carbocycles. The van der Waals surface area contributed by atoms with Crippen LogP contribution in [0.4, 0.5) is 5.69 Å². The molecule has 0 radical (unpaired) electrons. The second-order valence-corrected chi connectivity index (χ2v) is 3.87. The van der Waals surface area contributed by atoms with Gasteiger partial charge < -0.3 is 19.8 Å². The largest absolute Gasteiger partial charge is 0.394 e. The summed E-state index contributed by atoms with van der Waals surface area (Å²) in [6.07, 6.45) is 1.69. The highest BCUT2D eigenvalue weighted by molar-refractivity contribution is 5.52. The average Bonchev–Trinajstić information content (AvgIpc) is 2.34. The van der Waals surface area contributed by atoms with E-state index >= 15 is 0 Å². The summed E-state index contributed by atoms with van der Waals surface area (Å²) in [6.45, 7) is 3.54. The lowest BCUT2D eigenvalue weighted by atomic mass is 10.2. The highest BCUT2D eigenvalue weighted by Gasteiger charge is 2.07. The minimum Gasteiger partial charge on any atom is -0.394 e. The number of aliphatic hydroxyl groups is 2. The van der Waals surface area contributed by atoms with Crippen molar-refractivity contribution in [3.63, 3.8) is 0 Å². The van der Waals surface area contributed by atoms with E-state index in [1.165, 1.54) is 0 Å². The Hall–Kier alpha value is -1.17. The van der Waals surface area contributed by atoms with Crippen molar-refractivity contribution in [2.45, 2.75) is 13.5 Å². The van der Waals surface area contributed by atoms with Gasteiger partial charge in [0.1, 0.15) is 0 Å². The van der Waals surface area contributed by atoms with Crippen molar-refractivity contribution >= 4 is 5.69 Å². The molecule has 96 valence electrons. The third-order valence-electron chi connectivity index (χ3n) is 2.49. The van der Waals surface area contributed by atoms with E-state index in [-0.39, 0.29) is 13.2 Å². The zero-order valence-corrected chi connectivity index (χ0v) is 10.4. The predicted molar refractivity (Wildman–Crippen MR) is 66.1 cm³/mol. The standard InChI is InChI=1S/C12H20N2O3/c1-10-7-12(11(9-16)8-13-10)14(2)3-5-17-6-4-15/h7-8,15-16H,3-6,9H2,1-2H3. The Morgan fingerprint density at radius 1 is 1.35 bits per heavy atom.